The molecular formula is C20H22BrN3O2. The number of halogens is 1. The van der Waals surface area contributed by atoms with Gasteiger partial charge in [-0.3, -0.25) is 9.59 Å². The van der Waals surface area contributed by atoms with E-state index in [2.05, 4.69) is 38.3 Å². The Balaban J connectivity index is 1.42. The van der Waals surface area contributed by atoms with Gasteiger partial charge in [0.25, 0.3) is 5.91 Å². The van der Waals surface area contributed by atoms with Gasteiger partial charge in [0.1, 0.15) is 0 Å². The molecule has 1 N–H and O–H groups in total. The van der Waals surface area contributed by atoms with Crippen molar-refractivity contribution in [3.8, 4) is 0 Å². The third-order valence-electron chi connectivity index (χ3n) is 4.50. The number of hydrogen-bond donors (Lipinski definition) is 1. The molecule has 2 aromatic carbocycles. The maximum Gasteiger partial charge on any atom is 0.252 e. The van der Waals surface area contributed by atoms with Crippen LogP contribution < -0.4 is 10.2 Å². The van der Waals surface area contributed by atoms with Crippen molar-refractivity contribution in [2.75, 3.05) is 37.6 Å². The number of hydrogen-bond acceptors (Lipinski definition) is 3. The first kappa shape index (κ1) is 18.5. The van der Waals surface area contributed by atoms with Crippen molar-refractivity contribution in [3.05, 3.63) is 64.6 Å². The predicted molar refractivity (Wildman–Crippen MR) is 106 cm³/mol. The van der Waals surface area contributed by atoms with Gasteiger partial charge in [0.2, 0.25) is 5.91 Å². The number of anilines is 1. The zero-order valence-electron chi connectivity index (χ0n) is 14.5. The zero-order valence-corrected chi connectivity index (χ0v) is 16.1. The van der Waals surface area contributed by atoms with E-state index in [1.165, 1.54) is 5.69 Å². The summed E-state index contributed by atoms with van der Waals surface area (Å²) in [6.45, 7) is 3.44. The summed E-state index contributed by atoms with van der Waals surface area (Å²) in [5.41, 5.74) is 1.77. The van der Waals surface area contributed by atoms with Crippen LogP contribution in [0.25, 0.3) is 0 Å². The van der Waals surface area contributed by atoms with E-state index in [9.17, 15) is 9.59 Å². The summed E-state index contributed by atoms with van der Waals surface area (Å²) >= 11 is 3.36. The molecule has 0 aliphatic carbocycles. The fourth-order valence-electron chi connectivity index (χ4n) is 3.03. The van der Waals surface area contributed by atoms with Crippen LogP contribution in [0.2, 0.25) is 0 Å². The van der Waals surface area contributed by atoms with Crippen molar-refractivity contribution in [1.82, 2.24) is 10.2 Å². The fourth-order valence-corrected chi connectivity index (χ4v) is 3.50. The number of piperazine rings is 1. The average Bonchev–Trinajstić information content (AvgIpc) is 2.69. The summed E-state index contributed by atoms with van der Waals surface area (Å²) in [7, 11) is 0. The Morgan fingerprint density at radius 2 is 1.58 bits per heavy atom. The van der Waals surface area contributed by atoms with Crippen LogP contribution >= 0.6 is 15.9 Å². The molecule has 3 rings (SSSR count). The Kier molecular flexibility index (Phi) is 6.28. The van der Waals surface area contributed by atoms with E-state index in [0.29, 0.717) is 31.6 Å². The molecule has 0 saturated carbocycles. The van der Waals surface area contributed by atoms with Gasteiger partial charge in [-0.1, -0.05) is 30.3 Å². The van der Waals surface area contributed by atoms with Crippen LogP contribution in [0.1, 0.15) is 16.8 Å². The largest absolute Gasteiger partial charge is 0.368 e. The van der Waals surface area contributed by atoms with Crippen LogP contribution in [-0.4, -0.2) is 49.4 Å². The van der Waals surface area contributed by atoms with Gasteiger partial charge in [-0.2, -0.15) is 0 Å². The van der Waals surface area contributed by atoms with Crippen LogP contribution in [-0.2, 0) is 4.79 Å². The molecule has 2 amide bonds. The average molecular weight is 416 g/mol. The van der Waals surface area contributed by atoms with Gasteiger partial charge in [-0.05, 0) is 40.2 Å². The van der Waals surface area contributed by atoms with Crippen molar-refractivity contribution in [3.63, 3.8) is 0 Å². The molecule has 1 fully saturated rings. The van der Waals surface area contributed by atoms with E-state index in [-0.39, 0.29) is 11.8 Å². The second-order valence-corrected chi connectivity index (χ2v) is 7.04. The Morgan fingerprint density at radius 1 is 0.923 bits per heavy atom. The third kappa shape index (κ3) is 4.64. The quantitative estimate of drug-likeness (QED) is 0.816. The summed E-state index contributed by atoms with van der Waals surface area (Å²) < 4.78 is 0.751. The second kappa shape index (κ2) is 8.85. The summed E-state index contributed by atoms with van der Waals surface area (Å²) in [4.78, 5) is 28.7. The Bertz CT molecular complexity index is 759. The lowest BCUT2D eigenvalue weighted by Crippen LogP contribution is -2.49. The van der Waals surface area contributed by atoms with Crippen LogP contribution in [0, 0.1) is 0 Å². The maximum absolute atomic E-state index is 12.4. The Morgan fingerprint density at radius 3 is 2.27 bits per heavy atom. The van der Waals surface area contributed by atoms with Gasteiger partial charge in [0.15, 0.2) is 0 Å². The highest BCUT2D eigenvalue weighted by Crippen LogP contribution is 2.16. The molecule has 26 heavy (non-hydrogen) atoms. The van der Waals surface area contributed by atoms with E-state index >= 15 is 0 Å². The first-order chi connectivity index (χ1) is 12.6. The molecule has 0 aromatic heterocycles. The van der Waals surface area contributed by atoms with Gasteiger partial charge in [-0.15, -0.1) is 0 Å². The predicted octanol–water partition coefficient (Wildman–Crippen LogP) is 2.92. The van der Waals surface area contributed by atoms with Gasteiger partial charge in [0.05, 0.1) is 5.56 Å². The number of para-hydroxylation sites is 1. The normalized spacial score (nSPS) is 14.2. The number of amides is 2. The molecule has 6 heteroatoms. The minimum atomic E-state index is -0.167. The molecular weight excluding hydrogens is 394 g/mol. The molecule has 0 atom stereocenters. The minimum absolute atomic E-state index is 0.0881. The number of nitrogens with one attached hydrogen (secondary N) is 1. The number of carbonyl (C=O) groups excluding carboxylic acids is 2. The monoisotopic (exact) mass is 415 g/mol. The molecule has 1 saturated heterocycles. The lowest BCUT2D eigenvalue weighted by atomic mass is 10.2. The smallest absolute Gasteiger partial charge is 0.252 e. The van der Waals surface area contributed by atoms with Crippen molar-refractivity contribution in [2.45, 2.75) is 6.42 Å². The topological polar surface area (TPSA) is 52.7 Å². The maximum atomic E-state index is 12.4. The lowest BCUT2D eigenvalue weighted by Gasteiger charge is -2.36. The fraction of sp³-hybridized carbons (Fsp3) is 0.300. The van der Waals surface area contributed by atoms with Crippen molar-refractivity contribution in [1.29, 1.82) is 0 Å². The molecule has 0 radical (unpaired) electrons. The number of carbonyl (C=O) groups is 2. The molecule has 5 nitrogen and oxygen atoms in total. The highest BCUT2D eigenvalue weighted by Gasteiger charge is 2.21. The third-order valence-corrected chi connectivity index (χ3v) is 5.19. The van der Waals surface area contributed by atoms with Crippen LogP contribution in [0.3, 0.4) is 0 Å². The van der Waals surface area contributed by atoms with Crippen molar-refractivity contribution < 1.29 is 9.59 Å². The van der Waals surface area contributed by atoms with Crippen LogP contribution in [0.4, 0.5) is 5.69 Å². The minimum Gasteiger partial charge on any atom is -0.368 e. The molecule has 0 unspecified atom stereocenters. The first-order valence-corrected chi connectivity index (χ1v) is 9.55. The van der Waals surface area contributed by atoms with Gasteiger partial charge in [-0.25, -0.2) is 0 Å². The summed E-state index contributed by atoms with van der Waals surface area (Å²) in [6.07, 6.45) is 0.321. The summed E-state index contributed by atoms with van der Waals surface area (Å²) in [6, 6.07) is 17.5. The summed E-state index contributed by atoms with van der Waals surface area (Å²) in [5, 5.41) is 2.82. The van der Waals surface area contributed by atoms with Crippen LogP contribution in [0.5, 0.6) is 0 Å². The van der Waals surface area contributed by atoms with Gasteiger partial charge < -0.3 is 15.1 Å². The van der Waals surface area contributed by atoms with Crippen LogP contribution in [0.15, 0.2) is 59.1 Å². The SMILES string of the molecule is O=C(NCCC(=O)N1CCN(c2ccccc2)CC1)c1ccccc1Br. The van der Waals surface area contributed by atoms with E-state index in [1.807, 2.05) is 41.3 Å². The van der Waals surface area contributed by atoms with E-state index in [4.69, 9.17) is 0 Å². The standard InChI is InChI=1S/C20H22BrN3O2/c21-18-9-5-4-8-17(18)20(26)22-11-10-19(25)24-14-12-23(13-15-24)16-6-2-1-3-7-16/h1-9H,10-15H2,(H,22,26). The first-order valence-electron chi connectivity index (χ1n) is 8.75. The highest BCUT2D eigenvalue weighted by molar-refractivity contribution is 9.10. The number of nitrogens with zero attached hydrogens (tertiary/aromatic N) is 2. The molecule has 1 heterocycles. The zero-order chi connectivity index (χ0) is 18.4. The molecule has 2 aromatic rings. The Labute approximate surface area is 162 Å². The Hall–Kier alpha value is -2.34. The van der Waals surface area contributed by atoms with Gasteiger partial charge in [0, 0.05) is 49.3 Å². The highest BCUT2D eigenvalue weighted by atomic mass is 79.9. The number of rotatable bonds is 5. The second-order valence-electron chi connectivity index (χ2n) is 6.19. The lowest BCUT2D eigenvalue weighted by molar-refractivity contribution is -0.131. The van der Waals surface area contributed by atoms with E-state index in [0.717, 1.165) is 17.6 Å². The number of benzene rings is 2. The molecule has 1 aliphatic heterocycles. The molecule has 0 spiro atoms. The van der Waals surface area contributed by atoms with Crippen molar-refractivity contribution in [2.24, 2.45) is 0 Å². The van der Waals surface area contributed by atoms with E-state index in [1.54, 1.807) is 6.07 Å². The molecule has 0 bridgehead atoms. The van der Waals surface area contributed by atoms with Crippen molar-refractivity contribution >= 4 is 33.4 Å². The summed E-state index contributed by atoms with van der Waals surface area (Å²) in [5.74, 6) is -0.0793. The van der Waals surface area contributed by atoms with E-state index < -0.39 is 0 Å². The molecule has 1 aliphatic rings. The molecule has 136 valence electrons. The van der Waals surface area contributed by atoms with Gasteiger partial charge >= 0.3 is 0 Å².